The first-order valence-electron chi connectivity index (χ1n) is 11.3. The van der Waals surface area contributed by atoms with Gasteiger partial charge in [0.15, 0.2) is 0 Å². The normalized spacial score (nSPS) is 29.0. The molecule has 170 valence electrons. The van der Waals surface area contributed by atoms with Crippen LogP contribution in [-0.2, 0) is 15.0 Å². The van der Waals surface area contributed by atoms with Gasteiger partial charge in [-0.3, -0.25) is 4.98 Å². The summed E-state index contributed by atoms with van der Waals surface area (Å²) in [5.74, 6) is 0.976. The lowest BCUT2D eigenvalue weighted by atomic mass is 9.67. The van der Waals surface area contributed by atoms with Crippen molar-refractivity contribution in [2.24, 2.45) is 22.1 Å². The van der Waals surface area contributed by atoms with E-state index in [2.05, 4.69) is 31.8 Å². The molecule has 2 N–H and O–H groups in total. The molecule has 0 amide bonds. The van der Waals surface area contributed by atoms with Crippen molar-refractivity contribution < 1.29 is 14.2 Å². The Kier molecular flexibility index (Phi) is 5.33. The van der Waals surface area contributed by atoms with Crippen LogP contribution in [0.3, 0.4) is 0 Å². The molecule has 2 aromatic rings. The van der Waals surface area contributed by atoms with E-state index < -0.39 is 5.54 Å². The lowest BCUT2D eigenvalue weighted by molar-refractivity contribution is -0.0757. The summed E-state index contributed by atoms with van der Waals surface area (Å²) in [6.45, 7) is 7.74. The Balaban J connectivity index is 1.52. The summed E-state index contributed by atoms with van der Waals surface area (Å²) in [6.07, 6.45) is 6.46. The highest BCUT2D eigenvalue weighted by Gasteiger charge is 2.55. The summed E-state index contributed by atoms with van der Waals surface area (Å²) in [6, 6.07) is 8.35. The maximum absolute atomic E-state index is 6.50. The van der Waals surface area contributed by atoms with Crippen molar-refractivity contribution in [3.05, 3.63) is 47.2 Å². The zero-order valence-corrected chi connectivity index (χ0v) is 19.6. The average molecular weight is 456 g/mol. The fourth-order valence-electron chi connectivity index (χ4n) is 5.12. The number of aromatic nitrogens is 1. The Hall–Kier alpha value is -2.31. The minimum Gasteiger partial charge on any atom is -0.490 e. The summed E-state index contributed by atoms with van der Waals surface area (Å²) >= 11 is 6.19. The highest BCUT2D eigenvalue weighted by atomic mass is 35.5. The summed E-state index contributed by atoms with van der Waals surface area (Å²) in [4.78, 5) is 9.13. The number of hydrogen-bond donors (Lipinski definition) is 1. The summed E-state index contributed by atoms with van der Waals surface area (Å²) in [7, 11) is 0. The summed E-state index contributed by atoms with van der Waals surface area (Å²) in [5, 5.41) is 0.601. The molecule has 4 atom stereocenters. The second-order valence-electron chi connectivity index (χ2n) is 10.3. The van der Waals surface area contributed by atoms with Gasteiger partial charge < -0.3 is 19.9 Å². The predicted octanol–water partition coefficient (Wildman–Crippen LogP) is 4.93. The molecule has 4 unspecified atom stereocenters. The third-order valence-corrected chi connectivity index (χ3v) is 6.82. The maximum Gasteiger partial charge on any atom is 0.283 e. The summed E-state index contributed by atoms with van der Waals surface area (Å²) < 4.78 is 18.6. The maximum atomic E-state index is 6.50. The number of pyridine rings is 1. The Morgan fingerprint density at radius 3 is 2.75 bits per heavy atom. The van der Waals surface area contributed by atoms with E-state index >= 15 is 0 Å². The van der Waals surface area contributed by atoms with Crippen LogP contribution in [0.5, 0.6) is 5.75 Å². The van der Waals surface area contributed by atoms with E-state index in [-0.39, 0.29) is 29.6 Å². The molecule has 0 radical (unpaired) electrons. The van der Waals surface area contributed by atoms with Crippen LogP contribution in [0.25, 0.3) is 11.1 Å². The van der Waals surface area contributed by atoms with Gasteiger partial charge in [0.1, 0.15) is 24.0 Å². The first-order chi connectivity index (χ1) is 15.2. The van der Waals surface area contributed by atoms with Crippen molar-refractivity contribution >= 4 is 17.6 Å². The molecule has 32 heavy (non-hydrogen) atoms. The molecule has 3 aliphatic rings. The van der Waals surface area contributed by atoms with Gasteiger partial charge in [-0.05, 0) is 48.4 Å². The SMILES string of the molecule is CC(C)(C)COC1CCC2Oc3ccc(-c4cncc(Cl)c4)cc3C3(COC(N)=N3)C2C1. The molecule has 1 aromatic carbocycles. The zero-order valence-electron chi connectivity index (χ0n) is 18.8. The van der Waals surface area contributed by atoms with Crippen LogP contribution in [0.4, 0.5) is 0 Å². The number of ether oxygens (including phenoxy) is 3. The van der Waals surface area contributed by atoms with Crippen molar-refractivity contribution in [3.63, 3.8) is 0 Å². The highest BCUT2D eigenvalue weighted by molar-refractivity contribution is 6.30. The lowest BCUT2D eigenvalue weighted by Gasteiger charge is -2.48. The Morgan fingerprint density at radius 1 is 1.19 bits per heavy atom. The van der Waals surface area contributed by atoms with Crippen LogP contribution in [0.15, 0.2) is 41.7 Å². The summed E-state index contributed by atoms with van der Waals surface area (Å²) in [5.41, 5.74) is 8.59. The number of nitrogens with zero attached hydrogens (tertiary/aromatic N) is 2. The second-order valence-corrected chi connectivity index (χ2v) is 10.8. The molecule has 7 heteroatoms. The molecule has 1 aromatic heterocycles. The van der Waals surface area contributed by atoms with Crippen LogP contribution in [0, 0.1) is 11.3 Å². The van der Waals surface area contributed by atoms with Gasteiger partial charge in [0, 0.05) is 29.4 Å². The number of amidine groups is 1. The molecule has 5 rings (SSSR count). The van der Waals surface area contributed by atoms with Gasteiger partial charge in [0.05, 0.1) is 17.7 Å². The second kappa shape index (κ2) is 7.92. The first-order valence-corrected chi connectivity index (χ1v) is 11.6. The smallest absolute Gasteiger partial charge is 0.283 e. The van der Waals surface area contributed by atoms with Gasteiger partial charge >= 0.3 is 0 Å². The van der Waals surface area contributed by atoms with Gasteiger partial charge in [0.25, 0.3) is 6.02 Å². The van der Waals surface area contributed by atoms with Crippen molar-refractivity contribution in [3.8, 4) is 16.9 Å². The lowest BCUT2D eigenvalue weighted by Crippen LogP contribution is -2.52. The number of hydrogen-bond acceptors (Lipinski definition) is 6. The number of nitrogens with two attached hydrogens (primary N) is 1. The number of rotatable bonds is 3. The minimum atomic E-state index is -0.575. The van der Waals surface area contributed by atoms with Gasteiger partial charge in [-0.1, -0.05) is 38.4 Å². The molecule has 1 aliphatic carbocycles. The third-order valence-electron chi connectivity index (χ3n) is 6.62. The molecule has 0 bridgehead atoms. The number of aliphatic imine (C=N–C) groups is 1. The highest BCUT2D eigenvalue weighted by Crippen LogP contribution is 2.53. The molecule has 1 saturated carbocycles. The van der Waals surface area contributed by atoms with E-state index in [0.717, 1.165) is 48.3 Å². The van der Waals surface area contributed by atoms with Crippen LogP contribution in [0.2, 0.25) is 5.02 Å². The molecule has 1 spiro atoms. The topological polar surface area (TPSA) is 79.0 Å². The Bertz CT molecular complexity index is 1050. The first kappa shape index (κ1) is 21.5. The monoisotopic (exact) mass is 455 g/mol. The molecule has 2 aliphatic heterocycles. The molecular weight excluding hydrogens is 426 g/mol. The van der Waals surface area contributed by atoms with Crippen LogP contribution in [-0.4, -0.2) is 36.4 Å². The molecule has 1 fully saturated rings. The van der Waals surface area contributed by atoms with Crippen molar-refractivity contribution in [2.45, 2.75) is 57.8 Å². The van der Waals surface area contributed by atoms with Gasteiger partial charge in [-0.15, -0.1) is 0 Å². The Morgan fingerprint density at radius 2 is 2.03 bits per heavy atom. The van der Waals surface area contributed by atoms with E-state index in [1.807, 2.05) is 24.4 Å². The van der Waals surface area contributed by atoms with Gasteiger partial charge in [0.2, 0.25) is 0 Å². The largest absolute Gasteiger partial charge is 0.490 e. The van der Waals surface area contributed by atoms with E-state index in [1.165, 1.54) is 0 Å². The molecule has 0 saturated heterocycles. The zero-order chi connectivity index (χ0) is 22.5. The van der Waals surface area contributed by atoms with Crippen molar-refractivity contribution in [1.82, 2.24) is 4.98 Å². The fraction of sp³-hybridized carbons (Fsp3) is 0.520. The van der Waals surface area contributed by atoms with Crippen LogP contribution < -0.4 is 10.5 Å². The Labute approximate surface area is 194 Å². The van der Waals surface area contributed by atoms with E-state index in [9.17, 15) is 0 Å². The fourth-order valence-corrected chi connectivity index (χ4v) is 5.30. The van der Waals surface area contributed by atoms with Crippen LogP contribution >= 0.6 is 11.6 Å². The van der Waals surface area contributed by atoms with Crippen molar-refractivity contribution in [2.75, 3.05) is 13.2 Å². The molecule has 6 nitrogen and oxygen atoms in total. The molecular formula is C25H30ClN3O3. The van der Waals surface area contributed by atoms with E-state index in [4.69, 9.17) is 36.5 Å². The number of halogens is 1. The van der Waals surface area contributed by atoms with E-state index in [1.54, 1.807) is 6.20 Å². The number of fused-ring (bicyclic) bond motifs is 4. The minimum absolute atomic E-state index is 0.0638. The standard InChI is InChI=1S/C25H30ClN3O3/c1-24(2,3)13-30-18-5-7-22-20(10-18)25(14-31-23(27)29-25)19-9-15(4-6-21(19)32-22)16-8-17(26)12-28-11-16/h4,6,8-9,11-12,18,20,22H,5,7,10,13-14H2,1-3H3,(H2,27,29). The van der Waals surface area contributed by atoms with Gasteiger partial charge in [-0.25, -0.2) is 4.99 Å². The van der Waals surface area contributed by atoms with Crippen LogP contribution in [0.1, 0.15) is 45.6 Å². The average Bonchev–Trinajstić information content (AvgIpc) is 3.14. The van der Waals surface area contributed by atoms with Crippen molar-refractivity contribution in [1.29, 1.82) is 0 Å². The number of benzene rings is 1. The third kappa shape index (κ3) is 3.95. The van der Waals surface area contributed by atoms with Gasteiger partial charge in [-0.2, -0.15) is 0 Å². The molecule has 3 heterocycles. The quantitative estimate of drug-likeness (QED) is 0.709. The van der Waals surface area contributed by atoms with E-state index in [0.29, 0.717) is 11.6 Å². The predicted molar refractivity (Wildman–Crippen MR) is 125 cm³/mol.